The van der Waals surface area contributed by atoms with Crippen LogP contribution in [-0.2, 0) is 4.74 Å². The second-order valence-electron chi connectivity index (χ2n) is 3.76. The van der Waals surface area contributed by atoms with Gasteiger partial charge in [0.05, 0.1) is 19.3 Å². The highest BCUT2D eigenvalue weighted by atomic mass is 79.9. The molecule has 0 aliphatic carbocycles. The van der Waals surface area contributed by atoms with Gasteiger partial charge in [-0.3, -0.25) is 4.79 Å². The van der Waals surface area contributed by atoms with Crippen LogP contribution in [-0.4, -0.2) is 41.6 Å². The highest BCUT2D eigenvalue weighted by Gasteiger charge is 2.26. The van der Waals surface area contributed by atoms with Crippen molar-refractivity contribution in [3.8, 4) is 0 Å². The van der Waals surface area contributed by atoms with Crippen molar-refractivity contribution in [1.82, 2.24) is 9.88 Å². The largest absolute Gasteiger partial charge is 0.377 e. The zero-order chi connectivity index (χ0) is 11.5. The minimum atomic E-state index is -0.0386. The van der Waals surface area contributed by atoms with Crippen molar-refractivity contribution >= 4 is 21.8 Å². The van der Waals surface area contributed by atoms with E-state index in [-0.39, 0.29) is 11.9 Å². The summed E-state index contributed by atoms with van der Waals surface area (Å²) in [7, 11) is 0. The smallest absolute Gasteiger partial charge is 0.274 e. The second-order valence-corrected chi connectivity index (χ2v) is 4.61. The van der Waals surface area contributed by atoms with E-state index in [1.807, 2.05) is 13.0 Å². The lowest BCUT2D eigenvalue weighted by atomic mass is 10.2. The highest BCUT2D eigenvalue weighted by molar-refractivity contribution is 9.10. The van der Waals surface area contributed by atoms with Crippen LogP contribution in [0.3, 0.4) is 0 Å². The zero-order valence-electron chi connectivity index (χ0n) is 9.02. The van der Waals surface area contributed by atoms with E-state index in [1.54, 1.807) is 17.2 Å². The maximum atomic E-state index is 12.2. The summed E-state index contributed by atoms with van der Waals surface area (Å²) >= 11 is 3.34. The number of rotatable bonds is 1. The van der Waals surface area contributed by atoms with E-state index < -0.39 is 0 Å². The van der Waals surface area contributed by atoms with Gasteiger partial charge in [0, 0.05) is 17.2 Å². The molecule has 1 saturated heterocycles. The van der Waals surface area contributed by atoms with Gasteiger partial charge in [-0.25, -0.2) is 4.98 Å². The number of nitrogens with zero attached hydrogens (tertiary/aromatic N) is 2. The predicted octanol–water partition coefficient (Wildman–Crippen LogP) is 1.70. The molecule has 1 fully saturated rings. The highest BCUT2D eigenvalue weighted by Crippen LogP contribution is 2.17. The van der Waals surface area contributed by atoms with Crippen molar-refractivity contribution in [2.75, 3.05) is 19.8 Å². The number of carbonyl (C=O) groups excluding carboxylic acids is 1. The van der Waals surface area contributed by atoms with E-state index in [9.17, 15) is 4.79 Å². The molecule has 86 valence electrons. The lowest BCUT2D eigenvalue weighted by Gasteiger charge is -2.33. The molecule has 0 aromatic carbocycles. The number of aromatic nitrogens is 1. The number of halogens is 1. The molecule has 5 heteroatoms. The number of amides is 1. The third-order valence-electron chi connectivity index (χ3n) is 2.59. The third kappa shape index (κ3) is 2.25. The first-order valence-corrected chi connectivity index (χ1v) is 5.98. The second kappa shape index (κ2) is 4.93. The Balaban J connectivity index is 2.21. The fraction of sp³-hybridized carbons (Fsp3) is 0.455. The first-order valence-electron chi connectivity index (χ1n) is 5.19. The molecular weight excluding hydrogens is 272 g/mol. The van der Waals surface area contributed by atoms with Crippen LogP contribution >= 0.6 is 15.9 Å². The molecule has 1 aliphatic heterocycles. The van der Waals surface area contributed by atoms with Crippen molar-refractivity contribution in [3.05, 3.63) is 28.5 Å². The number of hydrogen-bond donors (Lipinski definition) is 0. The maximum absolute atomic E-state index is 12.2. The lowest BCUT2D eigenvalue weighted by molar-refractivity contribution is 0.00321. The van der Waals surface area contributed by atoms with E-state index in [2.05, 4.69) is 20.9 Å². The number of morpholine rings is 1. The molecule has 0 N–H and O–H groups in total. The van der Waals surface area contributed by atoms with Gasteiger partial charge in [0.15, 0.2) is 0 Å². The lowest BCUT2D eigenvalue weighted by Crippen LogP contribution is -2.47. The predicted molar refractivity (Wildman–Crippen MR) is 63.3 cm³/mol. The van der Waals surface area contributed by atoms with Crippen LogP contribution in [0.15, 0.2) is 22.8 Å². The average molecular weight is 285 g/mol. The van der Waals surface area contributed by atoms with Crippen LogP contribution < -0.4 is 0 Å². The van der Waals surface area contributed by atoms with E-state index in [4.69, 9.17) is 4.74 Å². The van der Waals surface area contributed by atoms with Gasteiger partial charge in [-0.05, 0) is 35.0 Å². The molecular formula is C11H13BrN2O2. The minimum Gasteiger partial charge on any atom is -0.377 e. The van der Waals surface area contributed by atoms with Gasteiger partial charge in [-0.15, -0.1) is 0 Å². The van der Waals surface area contributed by atoms with Crippen molar-refractivity contribution in [1.29, 1.82) is 0 Å². The van der Waals surface area contributed by atoms with Crippen molar-refractivity contribution in [3.63, 3.8) is 0 Å². The Morgan fingerprint density at radius 2 is 2.50 bits per heavy atom. The topological polar surface area (TPSA) is 42.4 Å². The van der Waals surface area contributed by atoms with Crippen LogP contribution in [0.25, 0.3) is 0 Å². The van der Waals surface area contributed by atoms with Crippen LogP contribution in [0, 0.1) is 0 Å². The average Bonchev–Trinajstić information content (AvgIpc) is 2.29. The van der Waals surface area contributed by atoms with Crippen LogP contribution in [0.1, 0.15) is 17.4 Å². The Hall–Kier alpha value is -0.940. The van der Waals surface area contributed by atoms with Gasteiger partial charge in [-0.1, -0.05) is 0 Å². The summed E-state index contributed by atoms with van der Waals surface area (Å²) in [6.07, 6.45) is 1.63. The standard InChI is InChI=1S/C11H13BrN2O2/c1-8-7-16-6-5-14(8)11(15)10-9(12)3-2-4-13-10/h2-4,8H,5-7H2,1H3. The number of carbonyl (C=O) groups is 1. The van der Waals surface area contributed by atoms with Gasteiger partial charge >= 0.3 is 0 Å². The molecule has 16 heavy (non-hydrogen) atoms. The molecule has 1 atom stereocenters. The maximum Gasteiger partial charge on any atom is 0.274 e. The van der Waals surface area contributed by atoms with Gasteiger partial charge in [0.1, 0.15) is 5.69 Å². The number of ether oxygens (including phenoxy) is 1. The van der Waals surface area contributed by atoms with Crippen LogP contribution in [0.2, 0.25) is 0 Å². The Morgan fingerprint density at radius 3 is 3.19 bits per heavy atom. The summed E-state index contributed by atoms with van der Waals surface area (Å²) in [5, 5.41) is 0. The monoisotopic (exact) mass is 284 g/mol. The normalized spacial score (nSPS) is 20.9. The summed E-state index contributed by atoms with van der Waals surface area (Å²) in [6, 6.07) is 3.73. The first-order chi connectivity index (χ1) is 7.70. The van der Waals surface area contributed by atoms with E-state index in [0.717, 1.165) is 4.47 Å². The van der Waals surface area contributed by atoms with Gasteiger partial charge in [-0.2, -0.15) is 0 Å². The Kier molecular flexibility index (Phi) is 3.56. The summed E-state index contributed by atoms with van der Waals surface area (Å²) in [5.41, 5.74) is 0.469. The van der Waals surface area contributed by atoms with Gasteiger partial charge in [0.25, 0.3) is 5.91 Å². The van der Waals surface area contributed by atoms with Crippen LogP contribution in [0.5, 0.6) is 0 Å². The molecule has 1 unspecified atom stereocenters. The van der Waals surface area contributed by atoms with Gasteiger partial charge in [0.2, 0.25) is 0 Å². The van der Waals surface area contributed by atoms with E-state index in [1.165, 1.54) is 0 Å². The summed E-state index contributed by atoms with van der Waals surface area (Å²) in [4.78, 5) is 18.1. The summed E-state index contributed by atoms with van der Waals surface area (Å²) in [6.45, 7) is 3.80. The van der Waals surface area contributed by atoms with E-state index >= 15 is 0 Å². The Bertz CT molecular complexity index is 397. The Morgan fingerprint density at radius 1 is 1.69 bits per heavy atom. The number of hydrogen-bond acceptors (Lipinski definition) is 3. The fourth-order valence-electron chi connectivity index (χ4n) is 1.71. The molecule has 0 radical (unpaired) electrons. The first kappa shape index (κ1) is 11.5. The molecule has 0 saturated carbocycles. The molecule has 0 bridgehead atoms. The molecule has 1 amide bonds. The molecule has 1 aromatic rings. The molecule has 4 nitrogen and oxygen atoms in total. The molecule has 0 spiro atoms. The summed E-state index contributed by atoms with van der Waals surface area (Å²) in [5.74, 6) is -0.0386. The number of pyridine rings is 1. The summed E-state index contributed by atoms with van der Waals surface area (Å²) < 4.78 is 6.04. The fourth-order valence-corrected chi connectivity index (χ4v) is 2.13. The molecule has 2 heterocycles. The van der Waals surface area contributed by atoms with Crippen molar-refractivity contribution < 1.29 is 9.53 Å². The quantitative estimate of drug-likeness (QED) is 0.788. The van der Waals surface area contributed by atoms with Gasteiger partial charge < -0.3 is 9.64 Å². The zero-order valence-corrected chi connectivity index (χ0v) is 10.6. The third-order valence-corrected chi connectivity index (χ3v) is 3.23. The van der Waals surface area contributed by atoms with Crippen LogP contribution in [0.4, 0.5) is 0 Å². The molecule has 2 rings (SSSR count). The minimum absolute atomic E-state index is 0.0386. The van der Waals surface area contributed by atoms with Crippen molar-refractivity contribution in [2.45, 2.75) is 13.0 Å². The molecule has 1 aliphatic rings. The van der Waals surface area contributed by atoms with E-state index in [0.29, 0.717) is 25.5 Å². The molecule has 1 aromatic heterocycles. The Labute approximate surface area is 103 Å². The SMILES string of the molecule is CC1COCCN1C(=O)c1ncccc1Br. The van der Waals surface area contributed by atoms with Crippen molar-refractivity contribution in [2.24, 2.45) is 0 Å².